The lowest BCUT2D eigenvalue weighted by molar-refractivity contribution is -0.124. The Morgan fingerprint density at radius 3 is 1.70 bits per heavy atom. The lowest BCUT2D eigenvalue weighted by atomic mass is 9.96. The van der Waals surface area contributed by atoms with Crippen molar-refractivity contribution >= 4 is 55.4 Å². The van der Waals surface area contributed by atoms with E-state index < -0.39 is 97.4 Å². The molecule has 4 heterocycles. The van der Waals surface area contributed by atoms with Gasteiger partial charge >= 0.3 is 11.9 Å². The number of alkyl halides is 3. The first-order chi connectivity index (χ1) is 34.7. The highest BCUT2D eigenvalue weighted by Crippen LogP contribution is 2.32. The van der Waals surface area contributed by atoms with Crippen LogP contribution in [0.4, 0.5) is 33.6 Å². The molecule has 0 bridgehead atoms. The Bertz CT molecular complexity index is 2960. The van der Waals surface area contributed by atoms with Crippen LogP contribution in [0.15, 0.2) is 60.7 Å². The van der Waals surface area contributed by atoms with Gasteiger partial charge in [0.15, 0.2) is 5.82 Å². The molecule has 0 unspecified atom stereocenters. The van der Waals surface area contributed by atoms with Crippen LogP contribution in [0.5, 0.6) is 5.88 Å². The number of ether oxygens (including phenoxy) is 3. The van der Waals surface area contributed by atoms with Gasteiger partial charge in [-0.3, -0.25) is 19.0 Å². The molecule has 2 fully saturated rings. The van der Waals surface area contributed by atoms with E-state index in [9.17, 15) is 68.5 Å². The second-order valence-corrected chi connectivity index (χ2v) is 19.6. The summed E-state index contributed by atoms with van der Waals surface area (Å²) in [5.74, 6) is -7.63. The number of nitrogens with zero attached hydrogens (tertiary/aromatic N) is 6. The van der Waals surface area contributed by atoms with Crippen LogP contribution in [0.25, 0.3) is 0 Å². The Labute approximate surface area is 417 Å². The number of sulfonamides is 2. The van der Waals surface area contributed by atoms with E-state index in [4.69, 9.17) is 14.2 Å². The predicted octanol–water partition coefficient (Wildman–Crippen LogP) is 5.55. The quantitative estimate of drug-likeness (QED) is 0.0913. The summed E-state index contributed by atoms with van der Waals surface area (Å²) in [5, 5.41) is 19.1. The lowest BCUT2D eigenvalue weighted by Crippen LogP contribution is -2.43. The number of carbonyl (C=O) groups is 4. The fourth-order valence-corrected chi connectivity index (χ4v) is 10.0. The Morgan fingerprint density at radius 2 is 1.22 bits per heavy atom. The first-order valence-electron chi connectivity index (χ1n) is 22.5. The highest BCUT2D eigenvalue weighted by molar-refractivity contribution is 7.89. The molecule has 2 aliphatic heterocycles. The van der Waals surface area contributed by atoms with E-state index >= 15 is 0 Å². The fourth-order valence-electron chi connectivity index (χ4n) is 7.68. The van der Waals surface area contributed by atoms with E-state index in [0.717, 1.165) is 18.2 Å². The van der Waals surface area contributed by atoms with E-state index in [-0.39, 0.29) is 91.3 Å². The summed E-state index contributed by atoms with van der Waals surface area (Å²) in [6, 6.07) is 17.1. The Hall–Kier alpha value is -7.45. The highest BCUT2D eigenvalue weighted by Gasteiger charge is 2.33. The normalized spacial score (nSPS) is 14.2. The first kappa shape index (κ1) is 56.5. The summed E-state index contributed by atoms with van der Waals surface area (Å²) >= 11 is 0. The smallest absolute Gasteiger partial charge is 0.343 e. The average molecular weight is 1060 g/mol. The van der Waals surface area contributed by atoms with Crippen molar-refractivity contribution in [2.45, 2.75) is 57.5 Å². The molecule has 390 valence electrons. The minimum atomic E-state index is -4.29. The van der Waals surface area contributed by atoms with E-state index in [2.05, 4.69) is 14.7 Å². The third-order valence-corrected chi connectivity index (χ3v) is 13.6. The monoisotopic (exact) mass is 1060 g/mol. The number of esters is 2. The molecule has 2 aliphatic rings. The standard InChI is InChI=1S/C24H27FN4O6S.C23H22F4N4O5S/c1-2-34-24(31)20-14-19(15-26)21(27-23(20)35-13-10-25)29-11-8-18(9-12-29)22(30)28-36(32,33)16-17-6-4-3-5-7-17;1-2-36-23(33)17-9-15(11-28)21(29-19(17)20(26)27)31-7-5-13(6-8-31)22(32)30-37(34,35)12-14-3-4-16(24)10-18(14)25/h3-7,14,18H,2,8-13,16H2,1H3,(H,28,30);3-4,9-10,13,20H,2,5-8,12H2,1H3,(H,30,32). The Morgan fingerprint density at radius 1 is 0.726 bits per heavy atom. The van der Waals surface area contributed by atoms with Crippen molar-refractivity contribution < 1.29 is 72.2 Å². The summed E-state index contributed by atoms with van der Waals surface area (Å²) in [5.41, 5.74) is -1.23. The number of amides is 2. The molecule has 4 aromatic rings. The number of hydrogen-bond donors (Lipinski definition) is 2. The van der Waals surface area contributed by atoms with Crippen molar-refractivity contribution in [2.75, 3.05) is 62.5 Å². The topological polar surface area (TPSA) is 268 Å². The maximum absolute atomic E-state index is 13.8. The van der Waals surface area contributed by atoms with Gasteiger partial charge in [-0.05, 0) is 63.3 Å². The van der Waals surface area contributed by atoms with Crippen LogP contribution in [-0.2, 0) is 50.6 Å². The van der Waals surface area contributed by atoms with Crippen LogP contribution < -0.4 is 24.0 Å². The van der Waals surface area contributed by atoms with Crippen molar-refractivity contribution in [1.82, 2.24) is 19.4 Å². The largest absolute Gasteiger partial charge is 0.474 e. The summed E-state index contributed by atoms with van der Waals surface area (Å²) in [4.78, 5) is 60.9. The summed E-state index contributed by atoms with van der Waals surface area (Å²) < 4.78 is 135. The lowest BCUT2D eigenvalue weighted by Gasteiger charge is -2.33. The number of pyridine rings is 2. The fraction of sp³-hybridized carbons (Fsp3) is 0.404. The van der Waals surface area contributed by atoms with E-state index in [1.54, 1.807) is 42.2 Å². The van der Waals surface area contributed by atoms with Crippen molar-refractivity contribution in [1.29, 1.82) is 10.5 Å². The van der Waals surface area contributed by atoms with Crippen molar-refractivity contribution in [3.05, 3.63) is 111 Å². The number of aromatic nitrogens is 2. The van der Waals surface area contributed by atoms with Gasteiger partial charge in [0.25, 0.3) is 6.43 Å². The molecular formula is C47H49F5N8O11S2. The first-order valence-corrected chi connectivity index (χ1v) is 25.8. The Kier molecular flexibility index (Phi) is 19.9. The van der Waals surface area contributed by atoms with Crippen LogP contribution in [0.3, 0.4) is 0 Å². The van der Waals surface area contributed by atoms with Gasteiger partial charge in [0, 0.05) is 49.6 Å². The van der Waals surface area contributed by atoms with Gasteiger partial charge < -0.3 is 24.0 Å². The van der Waals surface area contributed by atoms with Crippen LogP contribution in [0.2, 0.25) is 0 Å². The number of nitriles is 2. The molecule has 19 nitrogen and oxygen atoms in total. The van der Waals surface area contributed by atoms with E-state index in [1.165, 1.54) is 17.9 Å². The zero-order chi connectivity index (χ0) is 53.5. The molecule has 2 aromatic carbocycles. The zero-order valence-corrected chi connectivity index (χ0v) is 40.9. The molecule has 2 N–H and O–H groups in total. The van der Waals surface area contributed by atoms with E-state index in [0.29, 0.717) is 37.6 Å². The van der Waals surface area contributed by atoms with Gasteiger partial charge in [0.05, 0.1) is 41.4 Å². The summed E-state index contributed by atoms with van der Waals surface area (Å²) in [7, 11) is -8.14. The molecule has 2 aromatic heterocycles. The molecular weight excluding hydrogens is 1010 g/mol. The maximum atomic E-state index is 13.8. The second kappa shape index (κ2) is 25.8. The zero-order valence-electron chi connectivity index (χ0n) is 39.3. The highest BCUT2D eigenvalue weighted by atomic mass is 32.2. The number of hydrogen-bond acceptors (Lipinski definition) is 17. The van der Waals surface area contributed by atoms with Gasteiger partial charge in [0.2, 0.25) is 37.7 Å². The molecule has 0 atom stereocenters. The van der Waals surface area contributed by atoms with Gasteiger partial charge in [-0.25, -0.2) is 53.4 Å². The minimum Gasteiger partial charge on any atom is -0.474 e. The number of halogens is 5. The molecule has 0 spiro atoms. The third kappa shape index (κ3) is 15.5. The molecule has 73 heavy (non-hydrogen) atoms. The number of benzene rings is 2. The second-order valence-electron chi connectivity index (χ2n) is 16.2. The molecule has 0 aliphatic carbocycles. The minimum absolute atomic E-state index is 0.0602. The molecule has 0 saturated carbocycles. The predicted molar refractivity (Wildman–Crippen MR) is 250 cm³/mol. The van der Waals surface area contributed by atoms with Gasteiger partial charge in [-0.1, -0.05) is 36.4 Å². The number of carbonyl (C=O) groups excluding carboxylic acids is 4. The number of piperidine rings is 2. The van der Waals surface area contributed by atoms with Gasteiger partial charge in [-0.15, -0.1) is 0 Å². The summed E-state index contributed by atoms with van der Waals surface area (Å²) in [6.45, 7) is 2.80. The SMILES string of the molecule is CCOC(=O)c1cc(C#N)c(N2CCC(C(=O)NS(=O)(=O)Cc3ccc(F)cc3F)CC2)nc1C(F)F.CCOC(=O)c1cc(C#N)c(N2CCC(C(=O)NS(=O)(=O)Cc3ccccc3)CC2)nc1OCCF. The summed E-state index contributed by atoms with van der Waals surface area (Å²) in [6.07, 6.45) is -2.28. The number of rotatable bonds is 18. The molecule has 26 heteroatoms. The molecule has 6 rings (SSSR count). The van der Waals surface area contributed by atoms with Crippen molar-refractivity contribution in [3.63, 3.8) is 0 Å². The van der Waals surface area contributed by atoms with E-state index in [1.807, 2.05) is 16.9 Å². The van der Waals surface area contributed by atoms with Gasteiger partial charge in [0.1, 0.15) is 54.1 Å². The van der Waals surface area contributed by atoms with Crippen LogP contribution in [0, 0.1) is 46.1 Å². The van der Waals surface area contributed by atoms with Crippen LogP contribution >= 0.6 is 0 Å². The van der Waals surface area contributed by atoms with Crippen LogP contribution in [-0.4, -0.2) is 103 Å². The maximum Gasteiger partial charge on any atom is 0.343 e. The number of anilines is 2. The third-order valence-electron chi connectivity index (χ3n) is 11.2. The average Bonchev–Trinajstić information content (AvgIpc) is 3.36. The molecule has 0 radical (unpaired) electrons. The van der Waals surface area contributed by atoms with Gasteiger partial charge in [-0.2, -0.15) is 15.5 Å². The Balaban J connectivity index is 0.000000271. The van der Waals surface area contributed by atoms with Crippen LogP contribution in [0.1, 0.15) is 94.6 Å². The molecule has 2 amide bonds. The van der Waals surface area contributed by atoms with Crippen molar-refractivity contribution in [3.8, 4) is 18.0 Å². The number of nitrogens with one attached hydrogen (secondary N) is 2. The molecule has 2 saturated heterocycles. The van der Waals surface area contributed by atoms with Crippen molar-refractivity contribution in [2.24, 2.45) is 11.8 Å².